The highest BCUT2D eigenvalue weighted by Gasteiger charge is 2.24. The van der Waals surface area contributed by atoms with Gasteiger partial charge in [-0.15, -0.1) is 0 Å². The maximum atomic E-state index is 10.7. The van der Waals surface area contributed by atoms with Gasteiger partial charge in [-0.2, -0.15) is 0 Å². The summed E-state index contributed by atoms with van der Waals surface area (Å²) in [5.74, 6) is -0.140. The fourth-order valence-corrected chi connectivity index (χ4v) is 3.31. The summed E-state index contributed by atoms with van der Waals surface area (Å²) in [5, 5.41) is 10.7. The van der Waals surface area contributed by atoms with Gasteiger partial charge in [0.05, 0.1) is 6.10 Å². The molecule has 0 radical (unpaired) electrons. The normalized spacial score (nSPS) is 14.1. The molecule has 2 rings (SSSR count). The van der Waals surface area contributed by atoms with E-state index in [2.05, 4.69) is 31.9 Å². The average Bonchev–Trinajstić information content (AvgIpc) is 2.44. The quantitative estimate of drug-likeness (QED) is 0.806. The van der Waals surface area contributed by atoms with Crippen molar-refractivity contribution in [1.29, 1.82) is 0 Å². The van der Waals surface area contributed by atoms with E-state index in [4.69, 9.17) is 5.73 Å². The van der Waals surface area contributed by atoms with Crippen LogP contribution in [0.2, 0.25) is 0 Å². The fraction of sp³-hybridized carbons (Fsp3) is 0.250. The minimum atomic E-state index is -0.629. The lowest BCUT2D eigenvalue weighted by Gasteiger charge is -2.24. The van der Waals surface area contributed by atoms with Gasteiger partial charge in [0.1, 0.15) is 0 Å². The first-order valence-electron chi connectivity index (χ1n) is 6.43. The zero-order valence-electron chi connectivity index (χ0n) is 11.2. The van der Waals surface area contributed by atoms with Crippen molar-refractivity contribution in [3.63, 3.8) is 0 Å². The Bertz CT molecular complexity index is 601. The Morgan fingerprint density at radius 1 is 1.10 bits per heavy atom. The smallest absolute Gasteiger partial charge is 0.0874 e. The van der Waals surface area contributed by atoms with Crippen LogP contribution in [0.5, 0.6) is 0 Å². The number of hydrogen-bond acceptors (Lipinski definition) is 2. The van der Waals surface area contributed by atoms with E-state index in [1.807, 2.05) is 49.4 Å². The minimum Gasteiger partial charge on any atom is -0.388 e. The second-order valence-corrected chi connectivity index (χ2v) is 6.58. The molecule has 0 bridgehead atoms. The molecule has 0 heterocycles. The van der Waals surface area contributed by atoms with E-state index in [0.29, 0.717) is 6.54 Å². The van der Waals surface area contributed by atoms with Gasteiger partial charge in [0, 0.05) is 21.4 Å². The molecule has 3 N–H and O–H groups in total. The molecule has 0 spiro atoms. The van der Waals surface area contributed by atoms with Gasteiger partial charge < -0.3 is 10.8 Å². The lowest BCUT2D eigenvalue weighted by molar-refractivity contribution is 0.146. The molecule has 0 fully saturated rings. The number of aliphatic hydroxyl groups is 1. The Balaban J connectivity index is 2.41. The van der Waals surface area contributed by atoms with E-state index in [1.165, 1.54) is 0 Å². The van der Waals surface area contributed by atoms with Gasteiger partial charge in [-0.05, 0) is 41.8 Å². The molecule has 2 atom stereocenters. The SMILES string of the molecule is Cc1ccc(Br)cc1C(O)C(CN)c1ccccc1Br. The highest BCUT2D eigenvalue weighted by molar-refractivity contribution is 9.10. The summed E-state index contributed by atoms with van der Waals surface area (Å²) in [7, 11) is 0. The summed E-state index contributed by atoms with van der Waals surface area (Å²) in [6, 6.07) is 13.8. The number of benzene rings is 2. The molecule has 0 aliphatic heterocycles. The third kappa shape index (κ3) is 3.31. The van der Waals surface area contributed by atoms with Crippen LogP contribution in [0.25, 0.3) is 0 Å². The van der Waals surface area contributed by atoms with Gasteiger partial charge in [-0.3, -0.25) is 0 Å². The molecule has 2 aromatic rings. The third-order valence-electron chi connectivity index (χ3n) is 3.50. The zero-order valence-corrected chi connectivity index (χ0v) is 14.4. The molecule has 4 heteroatoms. The van der Waals surface area contributed by atoms with E-state index >= 15 is 0 Å². The van der Waals surface area contributed by atoms with Crippen molar-refractivity contribution in [2.45, 2.75) is 18.9 Å². The molecule has 0 aliphatic rings. The summed E-state index contributed by atoms with van der Waals surface area (Å²) in [6.45, 7) is 2.38. The Kier molecular flexibility index (Phi) is 5.38. The molecule has 2 nitrogen and oxygen atoms in total. The van der Waals surface area contributed by atoms with Crippen LogP contribution in [0, 0.1) is 6.92 Å². The summed E-state index contributed by atoms with van der Waals surface area (Å²) >= 11 is 6.99. The van der Waals surface area contributed by atoms with Crippen LogP contribution < -0.4 is 5.73 Å². The van der Waals surface area contributed by atoms with E-state index in [9.17, 15) is 5.11 Å². The molecule has 0 saturated heterocycles. The first-order valence-corrected chi connectivity index (χ1v) is 8.01. The van der Waals surface area contributed by atoms with Crippen LogP contribution in [0.1, 0.15) is 28.7 Å². The first-order chi connectivity index (χ1) is 9.54. The van der Waals surface area contributed by atoms with Crippen LogP contribution in [0.4, 0.5) is 0 Å². The Morgan fingerprint density at radius 2 is 1.80 bits per heavy atom. The minimum absolute atomic E-state index is 0.140. The molecule has 106 valence electrons. The molecule has 0 aliphatic carbocycles. The topological polar surface area (TPSA) is 46.2 Å². The van der Waals surface area contributed by atoms with Crippen molar-refractivity contribution in [3.8, 4) is 0 Å². The summed E-state index contributed by atoms with van der Waals surface area (Å²) in [4.78, 5) is 0. The predicted molar refractivity (Wildman–Crippen MR) is 89.8 cm³/mol. The largest absolute Gasteiger partial charge is 0.388 e. The third-order valence-corrected chi connectivity index (χ3v) is 4.72. The number of rotatable bonds is 4. The van der Waals surface area contributed by atoms with E-state index in [-0.39, 0.29) is 5.92 Å². The van der Waals surface area contributed by atoms with Crippen LogP contribution in [0.15, 0.2) is 51.4 Å². The highest BCUT2D eigenvalue weighted by Crippen LogP contribution is 2.36. The summed E-state index contributed by atoms with van der Waals surface area (Å²) in [5.41, 5.74) is 8.91. The number of aryl methyl sites for hydroxylation is 1. The number of aliphatic hydroxyl groups excluding tert-OH is 1. The fourth-order valence-electron chi connectivity index (χ4n) is 2.35. The van der Waals surface area contributed by atoms with Gasteiger partial charge in [0.2, 0.25) is 0 Å². The maximum absolute atomic E-state index is 10.7. The van der Waals surface area contributed by atoms with Gasteiger partial charge in [0.15, 0.2) is 0 Å². The molecule has 2 unspecified atom stereocenters. The average molecular weight is 399 g/mol. The summed E-state index contributed by atoms with van der Waals surface area (Å²) in [6.07, 6.45) is -0.629. The van der Waals surface area contributed by atoms with Crippen molar-refractivity contribution in [1.82, 2.24) is 0 Å². The van der Waals surface area contributed by atoms with Crippen LogP contribution >= 0.6 is 31.9 Å². The summed E-state index contributed by atoms with van der Waals surface area (Å²) < 4.78 is 1.93. The standard InChI is InChI=1S/C16H17Br2NO/c1-10-6-7-11(17)8-13(10)16(20)14(9-19)12-4-2-3-5-15(12)18/h2-8,14,16,20H,9,19H2,1H3. The first kappa shape index (κ1) is 15.7. The Hall–Kier alpha value is -0.680. The molecule has 0 aromatic heterocycles. The molecule has 2 aromatic carbocycles. The van der Waals surface area contributed by atoms with Gasteiger partial charge in [-0.25, -0.2) is 0 Å². The number of hydrogen-bond donors (Lipinski definition) is 2. The predicted octanol–water partition coefficient (Wildman–Crippen LogP) is 4.30. The maximum Gasteiger partial charge on any atom is 0.0874 e. The van der Waals surface area contributed by atoms with Crippen molar-refractivity contribution in [2.24, 2.45) is 5.73 Å². The van der Waals surface area contributed by atoms with E-state index in [1.54, 1.807) is 0 Å². The molecule has 20 heavy (non-hydrogen) atoms. The molecule has 0 amide bonds. The number of halogens is 2. The van der Waals surface area contributed by atoms with Crippen molar-refractivity contribution in [2.75, 3.05) is 6.54 Å². The number of nitrogens with two attached hydrogens (primary N) is 1. The van der Waals surface area contributed by atoms with Gasteiger partial charge in [-0.1, -0.05) is 56.1 Å². The van der Waals surface area contributed by atoms with Crippen LogP contribution in [0.3, 0.4) is 0 Å². The van der Waals surface area contributed by atoms with Crippen molar-refractivity contribution < 1.29 is 5.11 Å². The van der Waals surface area contributed by atoms with E-state index < -0.39 is 6.10 Å². The lowest BCUT2D eigenvalue weighted by atomic mass is 9.87. The zero-order chi connectivity index (χ0) is 14.7. The van der Waals surface area contributed by atoms with Crippen LogP contribution in [-0.4, -0.2) is 11.7 Å². The Morgan fingerprint density at radius 3 is 2.45 bits per heavy atom. The van der Waals surface area contributed by atoms with Gasteiger partial charge in [0.25, 0.3) is 0 Å². The molecular formula is C16H17Br2NO. The van der Waals surface area contributed by atoms with Crippen molar-refractivity contribution in [3.05, 3.63) is 68.1 Å². The second kappa shape index (κ2) is 6.85. The van der Waals surface area contributed by atoms with Crippen LogP contribution in [-0.2, 0) is 0 Å². The monoisotopic (exact) mass is 397 g/mol. The molecule has 0 saturated carbocycles. The molecular weight excluding hydrogens is 382 g/mol. The van der Waals surface area contributed by atoms with E-state index in [0.717, 1.165) is 25.6 Å². The second-order valence-electron chi connectivity index (χ2n) is 4.81. The lowest BCUT2D eigenvalue weighted by Crippen LogP contribution is -2.21. The van der Waals surface area contributed by atoms with Gasteiger partial charge >= 0.3 is 0 Å². The van der Waals surface area contributed by atoms with Crippen molar-refractivity contribution >= 4 is 31.9 Å². The Labute approximate surface area is 136 Å². The highest BCUT2D eigenvalue weighted by atomic mass is 79.9.